The Labute approximate surface area is 146 Å². The van der Waals surface area contributed by atoms with Crippen LogP contribution in [0.25, 0.3) is 0 Å². The Morgan fingerprint density at radius 1 is 1.52 bits per heavy atom. The number of rotatable bonds is 5. The summed E-state index contributed by atoms with van der Waals surface area (Å²) >= 11 is 4.09. The van der Waals surface area contributed by atoms with Gasteiger partial charge in [0.15, 0.2) is 0 Å². The maximum Gasteiger partial charge on any atom is 0.348 e. The maximum absolute atomic E-state index is 12.0. The lowest BCUT2D eigenvalue weighted by Crippen LogP contribution is -2.14. The van der Waals surface area contributed by atoms with Gasteiger partial charge in [0.2, 0.25) is 5.91 Å². The molecule has 1 N–H and O–H groups in total. The van der Waals surface area contributed by atoms with Crippen molar-refractivity contribution in [2.75, 3.05) is 30.0 Å². The second kappa shape index (κ2) is 8.38. The number of thiophene rings is 1. The Morgan fingerprint density at radius 2 is 2.30 bits per heavy atom. The predicted octanol–water partition coefficient (Wildman–Crippen LogP) is 2.88. The first-order valence-electron chi connectivity index (χ1n) is 6.87. The van der Waals surface area contributed by atoms with E-state index in [0.717, 1.165) is 28.0 Å². The molecule has 0 aliphatic carbocycles. The number of nitriles is 1. The van der Waals surface area contributed by atoms with Gasteiger partial charge in [-0.1, -0.05) is 23.5 Å². The highest BCUT2D eigenvalue weighted by Gasteiger charge is 2.22. The molecule has 1 aliphatic heterocycles. The molecule has 1 aromatic heterocycles. The van der Waals surface area contributed by atoms with E-state index in [4.69, 9.17) is 4.74 Å². The lowest BCUT2D eigenvalue weighted by molar-refractivity contribution is -0.113. The lowest BCUT2D eigenvalue weighted by Gasteiger charge is -2.03. The Hall–Kier alpha value is -1.50. The van der Waals surface area contributed by atoms with Gasteiger partial charge < -0.3 is 10.1 Å². The number of nitrogens with one attached hydrogen (secondary N) is 1. The second-order valence-corrected chi connectivity index (χ2v) is 7.75. The number of aliphatic imine (C=N–C) groups is 1. The maximum atomic E-state index is 12.0. The molecular formula is C14H15N3O3S3. The third-order valence-corrected chi connectivity index (χ3v) is 6.30. The zero-order valence-electron chi connectivity index (χ0n) is 12.7. The Morgan fingerprint density at radius 3 is 2.91 bits per heavy atom. The highest BCUT2D eigenvalue weighted by Crippen LogP contribution is 2.33. The summed E-state index contributed by atoms with van der Waals surface area (Å²) in [5.41, 5.74) is 0.846. The molecule has 9 heteroatoms. The first kappa shape index (κ1) is 17.8. The third kappa shape index (κ3) is 4.50. The van der Waals surface area contributed by atoms with Crippen LogP contribution in [-0.4, -0.2) is 40.9 Å². The first-order chi connectivity index (χ1) is 11.1. The molecule has 1 aliphatic rings. The Kier molecular flexibility index (Phi) is 6.50. The molecule has 0 bridgehead atoms. The van der Waals surface area contributed by atoms with Crippen LogP contribution in [0.4, 0.5) is 5.00 Å². The molecule has 0 atom stereocenters. The van der Waals surface area contributed by atoms with E-state index in [0.29, 0.717) is 21.0 Å². The van der Waals surface area contributed by atoms with Crippen LogP contribution in [-0.2, 0) is 9.53 Å². The SMILES string of the molecule is CCOC(=O)c1sc(NC(=O)CSC2=NCCS2)c(C#N)c1C. The van der Waals surface area contributed by atoms with Crippen LogP contribution in [0.5, 0.6) is 0 Å². The normalized spacial score (nSPS) is 13.3. The van der Waals surface area contributed by atoms with Crippen LogP contribution < -0.4 is 5.32 Å². The van der Waals surface area contributed by atoms with E-state index >= 15 is 0 Å². The Balaban J connectivity index is 2.06. The largest absolute Gasteiger partial charge is 0.462 e. The van der Waals surface area contributed by atoms with Gasteiger partial charge in [-0.2, -0.15) is 5.26 Å². The van der Waals surface area contributed by atoms with Gasteiger partial charge in [-0.25, -0.2) is 4.79 Å². The molecule has 6 nitrogen and oxygen atoms in total. The molecule has 122 valence electrons. The van der Waals surface area contributed by atoms with E-state index in [-0.39, 0.29) is 18.3 Å². The van der Waals surface area contributed by atoms with Crippen molar-refractivity contribution in [2.45, 2.75) is 13.8 Å². The van der Waals surface area contributed by atoms with Gasteiger partial charge in [0.25, 0.3) is 0 Å². The van der Waals surface area contributed by atoms with Gasteiger partial charge in [0, 0.05) is 5.75 Å². The number of hydrogen-bond donors (Lipinski definition) is 1. The highest BCUT2D eigenvalue weighted by atomic mass is 32.2. The zero-order valence-corrected chi connectivity index (χ0v) is 15.1. The number of anilines is 1. The molecule has 2 heterocycles. The molecule has 0 saturated heterocycles. The topological polar surface area (TPSA) is 91.5 Å². The van der Waals surface area contributed by atoms with Gasteiger partial charge in [0.1, 0.15) is 20.3 Å². The summed E-state index contributed by atoms with van der Waals surface area (Å²) in [4.78, 5) is 28.5. The monoisotopic (exact) mass is 369 g/mol. The fraction of sp³-hybridized carbons (Fsp3) is 0.429. The van der Waals surface area contributed by atoms with E-state index in [1.807, 2.05) is 6.07 Å². The molecule has 23 heavy (non-hydrogen) atoms. The van der Waals surface area contributed by atoms with Crippen LogP contribution >= 0.6 is 34.9 Å². The number of nitrogens with zero attached hydrogens (tertiary/aromatic N) is 2. The summed E-state index contributed by atoms with van der Waals surface area (Å²) in [6.07, 6.45) is 0. The van der Waals surface area contributed by atoms with Crippen LogP contribution in [0.15, 0.2) is 4.99 Å². The third-order valence-electron chi connectivity index (χ3n) is 2.86. The van der Waals surface area contributed by atoms with Gasteiger partial charge in [0.05, 0.1) is 24.5 Å². The van der Waals surface area contributed by atoms with Crippen LogP contribution in [0.2, 0.25) is 0 Å². The lowest BCUT2D eigenvalue weighted by atomic mass is 10.2. The number of amides is 1. The van der Waals surface area contributed by atoms with Crippen molar-refractivity contribution in [2.24, 2.45) is 4.99 Å². The second-order valence-electron chi connectivity index (χ2n) is 4.43. The first-order valence-corrected chi connectivity index (χ1v) is 9.66. The van der Waals surface area contributed by atoms with Crippen molar-refractivity contribution < 1.29 is 14.3 Å². The van der Waals surface area contributed by atoms with Gasteiger partial charge in [-0.05, 0) is 19.4 Å². The highest BCUT2D eigenvalue weighted by molar-refractivity contribution is 8.39. The molecule has 2 rings (SSSR count). The number of thioether (sulfide) groups is 2. The van der Waals surface area contributed by atoms with E-state index in [1.54, 1.807) is 25.6 Å². The minimum absolute atomic E-state index is 0.224. The predicted molar refractivity (Wildman–Crippen MR) is 95.6 cm³/mol. The summed E-state index contributed by atoms with van der Waals surface area (Å²) in [7, 11) is 0. The zero-order chi connectivity index (χ0) is 16.8. The molecular weight excluding hydrogens is 354 g/mol. The number of ether oxygens (including phenoxy) is 1. The summed E-state index contributed by atoms with van der Waals surface area (Å²) in [6, 6.07) is 2.04. The summed E-state index contributed by atoms with van der Waals surface area (Å²) in [5.74, 6) is 0.481. The molecule has 1 amide bonds. The van der Waals surface area contributed by atoms with Crippen LogP contribution in [0, 0.1) is 18.3 Å². The van der Waals surface area contributed by atoms with Crippen molar-refractivity contribution in [3.8, 4) is 6.07 Å². The van der Waals surface area contributed by atoms with Gasteiger partial charge in [-0.15, -0.1) is 11.3 Å². The van der Waals surface area contributed by atoms with Gasteiger partial charge in [-0.3, -0.25) is 9.79 Å². The van der Waals surface area contributed by atoms with Crippen LogP contribution in [0.3, 0.4) is 0 Å². The van der Waals surface area contributed by atoms with E-state index < -0.39 is 5.97 Å². The summed E-state index contributed by atoms with van der Waals surface area (Å²) < 4.78 is 5.88. The molecule has 1 aromatic rings. The van der Waals surface area contributed by atoms with Crippen molar-refractivity contribution in [1.82, 2.24) is 0 Å². The molecule has 0 saturated carbocycles. The number of hydrogen-bond acceptors (Lipinski definition) is 8. The van der Waals surface area contributed by atoms with Crippen molar-refractivity contribution in [3.63, 3.8) is 0 Å². The smallest absolute Gasteiger partial charge is 0.348 e. The van der Waals surface area contributed by atoms with E-state index in [9.17, 15) is 14.9 Å². The van der Waals surface area contributed by atoms with Crippen molar-refractivity contribution >= 4 is 56.1 Å². The number of carbonyl (C=O) groups excluding carboxylic acids is 2. The fourth-order valence-electron chi connectivity index (χ4n) is 1.82. The number of esters is 1. The molecule has 0 aromatic carbocycles. The minimum atomic E-state index is -0.474. The van der Waals surface area contributed by atoms with E-state index in [1.165, 1.54) is 11.8 Å². The van der Waals surface area contributed by atoms with Crippen molar-refractivity contribution in [1.29, 1.82) is 5.26 Å². The molecule has 0 unspecified atom stereocenters. The molecule has 0 spiro atoms. The van der Waals surface area contributed by atoms with Crippen molar-refractivity contribution in [3.05, 3.63) is 16.0 Å². The fourth-order valence-corrected chi connectivity index (χ4v) is 4.70. The van der Waals surface area contributed by atoms with Crippen LogP contribution in [0.1, 0.15) is 27.7 Å². The Bertz CT molecular complexity index is 691. The average Bonchev–Trinajstić information content (AvgIpc) is 3.13. The standard InChI is InChI=1S/C14H15N3O3S3/c1-3-20-13(19)11-8(2)9(6-15)12(23-11)17-10(18)7-22-14-16-4-5-21-14/h3-5,7H2,1-2H3,(H,17,18). The summed E-state index contributed by atoms with van der Waals surface area (Å²) in [5, 5.41) is 12.4. The molecule has 0 fully saturated rings. The van der Waals surface area contributed by atoms with E-state index in [2.05, 4.69) is 10.3 Å². The quantitative estimate of drug-likeness (QED) is 0.803. The molecule has 0 radical (unpaired) electrons. The van der Waals surface area contributed by atoms with Gasteiger partial charge >= 0.3 is 5.97 Å². The minimum Gasteiger partial charge on any atom is -0.462 e. The summed E-state index contributed by atoms with van der Waals surface area (Å²) in [6.45, 7) is 4.45. The number of carbonyl (C=O) groups is 2. The average molecular weight is 369 g/mol.